The van der Waals surface area contributed by atoms with Crippen LogP contribution in [-0.2, 0) is 0 Å². The fourth-order valence-corrected chi connectivity index (χ4v) is 3.21. The van der Waals surface area contributed by atoms with Gasteiger partial charge in [0.1, 0.15) is 5.75 Å². The van der Waals surface area contributed by atoms with E-state index in [2.05, 4.69) is 12.2 Å². The molecule has 0 aromatic heterocycles. The van der Waals surface area contributed by atoms with Crippen LogP contribution in [0.4, 0.5) is 0 Å². The van der Waals surface area contributed by atoms with Crippen LogP contribution in [0.25, 0.3) is 0 Å². The van der Waals surface area contributed by atoms with Crippen LogP contribution in [0.2, 0.25) is 0 Å². The van der Waals surface area contributed by atoms with Gasteiger partial charge >= 0.3 is 0 Å². The van der Waals surface area contributed by atoms with Crippen molar-refractivity contribution in [3.63, 3.8) is 0 Å². The summed E-state index contributed by atoms with van der Waals surface area (Å²) in [4.78, 5) is 14.6. The molecule has 1 aromatic carbocycles. The summed E-state index contributed by atoms with van der Waals surface area (Å²) in [6.07, 6.45) is 5.09. The Morgan fingerprint density at radius 3 is 2.90 bits per heavy atom. The van der Waals surface area contributed by atoms with E-state index >= 15 is 0 Å². The lowest BCUT2D eigenvalue weighted by atomic mass is 10.1. The lowest BCUT2D eigenvalue weighted by Gasteiger charge is -2.34. The van der Waals surface area contributed by atoms with E-state index < -0.39 is 0 Å². The number of carbonyl (C=O) groups is 1. The van der Waals surface area contributed by atoms with Gasteiger partial charge in [-0.1, -0.05) is 6.07 Å². The number of rotatable bonds is 3. The molecule has 1 aromatic rings. The van der Waals surface area contributed by atoms with Gasteiger partial charge in [0.25, 0.3) is 5.91 Å². The first-order valence-corrected chi connectivity index (χ1v) is 8.02. The van der Waals surface area contributed by atoms with E-state index in [4.69, 9.17) is 4.74 Å². The fourth-order valence-electron chi connectivity index (χ4n) is 3.21. The van der Waals surface area contributed by atoms with E-state index in [1.54, 1.807) is 0 Å². The van der Waals surface area contributed by atoms with E-state index in [9.17, 15) is 4.79 Å². The highest BCUT2D eigenvalue weighted by molar-refractivity contribution is 5.94. The molecule has 114 valence electrons. The van der Waals surface area contributed by atoms with Crippen LogP contribution in [0.1, 0.15) is 43.0 Å². The molecule has 1 N–H and O–H groups in total. The molecule has 1 atom stereocenters. The second-order valence-corrected chi connectivity index (χ2v) is 6.10. The highest BCUT2D eigenvalue weighted by atomic mass is 16.5. The molecule has 4 heteroatoms. The molecule has 0 radical (unpaired) electrons. The minimum Gasteiger partial charge on any atom is -0.490 e. The third kappa shape index (κ3) is 3.38. The van der Waals surface area contributed by atoms with Gasteiger partial charge in [0.2, 0.25) is 0 Å². The predicted molar refractivity (Wildman–Crippen MR) is 82.7 cm³/mol. The monoisotopic (exact) mass is 288 g/mol. The third-order valence-electron chi connectivity index (χ3n) is 4.45. The Bertz CT molecular complexity index is 497. The average Bonchev–Trinajstić information content (AvgIpc) is 3.00. The normalized spacial score (nSPS) is 23.3. The molecule has 1 aliphatic heterocycles. The summed E-state index contributed by atoms with van der Waals surface area (Å²) in [6.45, 7) is 4.59. The van der Waals surface area contributed by atoms with Crippen LogP contribution in [0.3, 0.4) is 0 Å². The Hall–Kier alpha value is -1.55. The van der Waals surface area contributed by atoms with Crippen LogP contribution in [0.15, 0.2) is 24.3 Å². The Labute approximate surface area is 126 Å². The van der Waals surface area contributed by atoms with Crippen LogP contribution in [0, 0.1) is 0 Å². The second kappa shape index (κ2) is 6.48. The summed E-state index contributed by atoms with van der Waals surface area (Å²) in [7, 11) is 0. The highest BCUT2D eigenvalue weighted by Gasteiger charge is 2.24. The quantitative estimate of drug-likeness (QED) is 0.929. The van der Waals surface area contributed by atoms with Crippen LogP contribution in [-0.4, -0.2) is 42.6 Å². The van der Waals surface area contributed by atoms with E-state index in [0.717, 1.165) is 43.8 Å². The van der Waals surface area contributed by atoms with Gasteiger partial charge in [0.05, 0.1) is 6.10 Å². The van der Waals surface area contributed by atoms with E-state index in [1.165, 1.54) is 12.8 Å². The van der Waals surface area contributed by atoms with Gasteiger partial charge in [0.15, 0.2) is 0 Å². The molecule has 1 aliphatic carbocycles. The molecule has 3 rings (SSSR count). The zero-order valence-electron chi connectivity index (χ0n) is 12.7. The van der Waals surface area contributed by atoms with Crippen LogP contribution >= 0.6 is 0 Å². The van der Waals surface area contributed by atoms with Gasteiger partial charge in [-0.2, -0.15) is 0 Å². The summed E-state index contributed by atoms with van der Waals surface area (Å²) in [5.41, 5.74) is 0.735. The third-order valence-corrected chi connectivity index (χ3v) is 4.45. The number of hydrogen-bond donors (Lipinski definition) is 1. The van der Waals surface area contributed by atoms with E-state index in [-0.39, 0.29) is 11.9 Å². The summed E-state index contributed by atoms with van der Waals surface area (Å²) >= 11 is 0. The molecule has 1 amide bonds. The fraction of sp³-hybridized carbons (Fsp3) is 0.588. The van der Waals surface area contributed by atoms with E-state index in [0.29, 0.717) is 6.10 Å². The SMILES string of the molecule is C[C@@H]1CNCCN1C(=O)c1cccc(OC2CCCC2)c1. The molecule has 0 bridgehead atoms. The lowest BCUT2D eigenvalue weighted by molar-refractivity contribution is 0.0655. The molecule has 21 heavy (non-hydrogen) atoms. The second-order valence-electron chi connectivity index (χ2n) is 6.10. The van der Waals surface area contributed by atoms with Gasteiger partial charge in [-0.05, 0) is 50.8 Å². The van der Waals surface area contributed by atoms with Crippen molar-refractivity contribution in [3.8, 4) is 5.75 Å². The molecule has 1 heterocycles. The number of hydrogen-bond acceptors (Lipinski definition) is 3. The summed E-state index contributed by atoms with van der Waals surface area (Å²) in [5.74, 6) is 0.941. The smallest absolute Gasteiger partial charge is 0.254 e. The van der Waals surface area contributed by atoms with Gasteiger partial charge in [-0.25, -0.2) is 0 Å². The van der Waals surface area contributed by atoms with Crippen molar-refractivity contribution in [2.24, 2.45) is 0 Å². The Morgan fingerprint density at radius 2 is 2.14 bits per heavy atom. The number of ether oxygens (including phenoxy) is 1. The number of benzene rings is 1. The molecular weight excluding hydrogens is 264 g/mol. The standard InChI is InChI=1S/C17H24N2O2/c1-13-12-18-9-10-19(13)17(20)14-5-4-8-16(11-14)21-15-6-2-3-7-15/h4-5,8,11,13,15,18H,2-3,6-7,9-10,12H2,1H3/t13-/m1/s1. The Morgan fingerprint density at radius 1 is 1.33 bits per heavy atom. The Kier molecular flexibility index (Phi) is 4.44. The van der Waals surface area contributed by atoms with Gasteiger partial charge in [-0.3, -0.25) is 4.79 Å². The largest absolute Gasteiger partial charge is 0.490 e. The Balaban J connectivity index is 1.70. The first-order chi connectivity index (χ1) is 10.2. The van der Waals surface area contributed by atoms with Crippen molar-refractivity contribution >= 4 is 5.91 Å². The zero-order chi connectivity index (χ0) is 14.7. The highest BCUT2D eigenvalue weighted by Crippen LogP contribution is 2.25. The van der Waals surface area contributed by atoms with Crippen LogP contribution < -0.4 is 10.1 Å². The van der Waals surface area contributed by atoms with Gasteiger partial charge in [-0.15, -0.1) is 0 Å². The number of carbonyl (C=O) groups excluding carboxylic acids is 1. The summed E-state index contributed by atoms with van der Waals surface area (Å²) in [6, 6.07) is 7.90. The van der Waals surface area contributed by atoms with Crippen molar-refractivity contribution < 1.29 is 9.53 Å². The number of nitrogens with zero attached hydrogens (tertiary/aromatic N) is 1. The maximum atomic E-state index is 12.6. The number of nitrogens with one attached hydrogen (secondary N) is 1. The molecule has 0 unspecified atom stereocenters. The summed E-state index contributed by atoms with van der Waals surface area (Å²) in [5, 5.41) is 3.31. The maximum absolute atomic E-state index is 12.6. The van der Waals surface area contributed by atoms with Crippen molar-refractivity contribution in [1.82, 2.24) is 10.2 Å². The zero-order valence-corrected chi connectivity index (χ0v) is 12.7. The van der Waals surface area contributed by atoms with Crippen LogP contribution in [0.5, 0.6) is 5.75 Å². The minimum atomic E-state index is 0.112. The minimum absolute atomic E-state index is 0.112. The first-order valence-electron chi connectivity index (χ1n) is 8.02. The van der Waals surface area contributed by atoms with E-state index in [1.807, 2.05) is 29.2 Å². The topological polar surface area (TPSA) is 41.6 Å². The molecule has 1 saturated heterocycles. The van der Waals surface area contributed by atoms with Crippen molar-refractivity contribution in [2.45, 2.75) is 44.8 Å². The molecule has 4 nitrogen and oxygen atoms in total. The molecule has 2 aliphatic rings. The molecule has 2 fully saturated rings. The van der Waals surface area contributed by atoms with Gasteiger partial charge in [0, 0.05) is 31.2 Å². The van der Waals surface area contributed by atoms with Crippen molar-refractivity contribution in [1.29, 1.82) is 0 Å². The average molecular weight is 288 g/mol. The molecule has 0 spiro atoms. The van der Waals surface area contributed by atoms with Crippen molar-refractivity contribution in [2.75, 3.05) is 19.6 Å². The predicted octanol–water partition coefficient (Wildman–Crippen LogP) is 2.44. The number of amides is 1. The summed E-state index contributed by atoms with van der Waals surface area (Å²) < 4.78 is 6.00. The lowest BCUT2D eigenvalue weighted by Crippen LogP contribution is -2.52. The van der Waals surface area contributed by atoms with Gasteiger partial charge < -0.3 is 15.0 Å². The maximum Gasteiger partial charge on any atom is 0.254 e. The van der Waals surface area contributed by atoms with Crippen molar-refractivity contribution in [3.05, 3.63) is 29.8 Å². The first kappa shape index (κ1) is 14.4. The molecular formula is C17H24N2O2. The number of piperazine rings is 1. The molecule has 1 saturated carbocycles.